The van der Waals surface area contributed by atoms with Crippen molar-refractivity contribution in [2.24, 2.45) is 23.2 Å². The Labute approximate surface area is 116 Å². The van der Waals surface area contributed by atoms with Gasteiger partial charge in [-0.3, -0.25) is 4.79 Å². The molecule has 1 amide bonds. The molecule has 0 spiro atoms. The lowest BCUT2D eigenvalue weighted by Gasteiger charge is -2.56. The molecule has 0 aromatic carbocycles. The van der Waals surface area contributed by atoms with Crippen molar-refractivity contribution in [1.82, 2.24) is 5.32 Å². The van der Waals surface area contributed by atoms with Gasteiger partial charge in [-0.15, -0.1) is 0 Å². The van der Waals surface area contributed by atoms with Crippen molar-refractivity contribution in [3.05, 3.63) is 0 Å². The molecule has 0 unspecified atom stereocenters. The van der Waals surface area contributed by atoms with Gasteiger partial charge < -0.3 is 10.4 Å². The van der Waals surface area contributed by atoms with Crippen LogP contribution >= 0.6 is 0 Å². The van der Waals surface area contributed by atoms with Gasteiger partial charge in [-0.1, -0.05) is 0 Å². The summed E-state index contributed by atoms with van der Waals surface area (Å²) in [4.78, 5) is 12.1. The Kier molecular flexibility index (Phi) is 3.84. The first-order chi connectivity index (χ1) is 9.19. The Morgan fingerprint density at radius 2 is 1.63 bits per heavy atom. The molecule has 0 atom stereocenters. The Hall–Kier alpha value is -0.570. The van der Waals surface area contributed by atoms with Crippen LogP contribution in [0.2, 0.25) is 0 Å². The van der Waals surface area contributed by atoms with Crippen molar-refractivity contribution in [3.8, 4) is 0 Å². The fourth-order valence-corrected chi connectivity index (χ4v) is 5.37. The zero-order chi connectivity index (χ0) is 13.3. The van der Waals surface area contributed by atoms with Crippen molar-refractivity contribution < 1.29 is 9.90 Å². The fraction of sp³-hybridized carbons (Fsp3) is 0.938. The predicted octanol–water partition coefficient (Wildman–Crippen LogP) is 2.48. The van der Waals surface area contributed by atoms with Gasteiger partial charge in [-0.25, -0.2) is 0 Å². The molecule has 4 rings (SSSR count). The Morgan fingerprint density at radius 1 is 1.05 bits per heavy atom. The molecule has 19 heavy (non-hydrogen) atoms. The number of aliphatic hydroxyl groups excluding tert-OH is 1. The van der Waals surface area contributed by atoms with Crippen LogP contribution in [0, 0.1) is 23.2 Å². The molecule has 108 valence electrons. The molecular formula is C16H27NO2. The third-order valence-corrected chi connectivity index (χ3v) is 5.61. The highest BCUT2D eigenvalue weighted by Crippen LogP contribution is 2.61. The van der Waals surface area contributed by atoms with Gasteiger partial charge in [0.05, 0.1) is 0 Å². The van der Waals surface area contributed by atoms with Crippen molar-refractivity contribution in [2.75, 3.05) is 13.2 Å². The Balaban J connectivity index is 1.50. The lowest BCUT2D eigenvalue weighted by molar-refractivity contribution is -0.129. The second-order valence-electron chi connectivity index (χ2n) is 7.37. The number of amides is 1. The summed E-state index contributed by atoms with van der Waals surface area (Å²) in [6, 6.07) is 0. The van der Waals surface area contributed by atoms with Gasteiger partial charge in [0, 0.05) is 19.6 Å². The van der Waals surface area contributed by atoms with E-state index in [9.17, 15) is 4.79 Å². The number of carbonyl (C=O) groups is 1. The molecule has 0 aromatic rings. The number of unbranched alkanes of at least 4 members (excludes halogenated alkanes) is 1. The molecule has 4 bridgehead atoms. The van der Waals surface area contributed by atoms with Gasteiger partial charge in [-0.2, -0.15) is 0 Å². The summed E-state index contributed by atoms with van der Waals surface area (Å²) >= 11 is 0. The predicted molar refractivity (Wildman–Crippen MR) is 74.6 cm³/mol. The quantitative estimate of drug-likeness (QED) is 0.725. The summed E-state index contributed by atoms with van der Waals surface area (Å²) in [5.74, 6) is 3.02. The van der Waals surface area contributed by atoms with Crippen molar-refractivity contribution in [1.29, 1.82) is 0 Å². The first kappa shape index (κ1) is 13.4. The maximum absolute atomic E-state index is 12.1. The molecule has 3 heteroatoms. The van der Waals surface area contributed by atoms with Crippen LogP contribution in [0.5, 0.6) is 0 Å². The van der Waals surface area contributed by atoms with Crippen LogP contribution in [0.25, 0.3) is 0 Å². The molecule has 0 saturated heterocycles. The monoisotopic (exact) mass is 265 g/mol. The van der Waals surface area contributed by atoms with Crippen LogP contribution < -0.4 is 5.32 Å². The third-order valence-electron chi connectivity index (χ3n) is 5.61. The summed E-state index contributed by atoms with van der Waals surface area (Å²) in [5.41, 5.74) is 0.357. The molecule has 0 aliphatic heterocycles. The minimum absolute atomic E-state index is 0.227. The lowest BCUT2D eigenvalue weighted by atomic mass is 9.49. The van der Waals surface area contributed by atoms with E-state index in [2.05, 4.69) is 5.32 Å². The zero-order valence-electron chi connectivity index (χ0n) is 11.9. The van der Waals surface area contributed by atoms with Crippen LogP contribution in [-0.4, -0.2) is 24.2 Å². The summed E-state index contributed by atoms with van der Waals surface area (Å²) < 4.78 is 0. The first-order valence-corrected chi connectivity index (χ1v) is 8.07. The van der Waals surface area contributed by atoms with E-state index in [0.29, 0.717) is 5.41 Å². The van der Waals surface area contributed by atoms with E-state index in [0.717, 1.165) is 43.6 Å². The maximum atomic E-state index is 12.1. The molecule has 2 N–H and O–H groups in total. The Morgan fingerprint density at radius 3 is 2.16 bits per heavy atom. The fourth-order valence-electron chi connectivity index (χ4n) is 5.37. The first-order valence-electron chi connectivity index (χ1n) is 8.07. The average molecular weight is 265 g/mol. The number of hydrogen-bond acceptors (Lipinski definition) is 2. The standard InChI is InChI=1S/C16H27NO2/c18-4-2-1-3-17-15(19)11-16-8-12-5-13(9-16)7-14(6-12)10-16/h12-14,18H,1-11H2,(H,17,19). The molecule has 4 aliphatic carbocycles. The Bertz CT molecular complexity index is 304. The van der Waals surface area contributed by atoms with E-state index in [1.54, 1.807) is 0 Å². The van der Waals surface area contributed by atoms with Gasteiger partial charge in [-0.05, 0) is 74.5 Å². The van der Waals surface area contributed by atoms with Crippen LogP contribution in [0.4, 0.5) is 0 Å². The van der Waals surface area contributed by atoms with E-state index in [-0.39, 0.29) is 12.5 Å². The van der Waals surface area contributed by atoms with Gasteiger partial charge in [0.1, 0.15) is 0 Å². The van der Waals surface area contributed by atoms with Crippen molar-refractivity contribution in [3.63, 3.8) is 0 Å². The molecule has 0 radical (unpaired) electrons. The maximum Gasteiger partial charge on any atom is 0.220 e. The van der Waals surface area contributed by atoms with E-state index in [1.807, 2.05) is 0 Å². The molecule has 0 heterocycles. The topological polar surface area (TPSA) is 49.3 Å². The molecule has 4 fully saturated rings. The normalized spacial score (nSPS) is 39.5. The summed E-state index contributed by atoms with van der Waals surface area (Å²) in [5, 5.41) is 11.8. The van der Waals surface area contributed by atoms with Crippen molar-refractivity contribution in [2.45, 2.75) is 57.8 Å². The van der Waals surface area contributed by atoms with Crippen molar-refractivity contribution >= 4 is 5.91 Å². The minimum Gasteiger partial charge on any atom is -0.396 e. The SMILES string of the molecule is O=C(CC12CC3CC(CC(C3)C1)C2)NCCCCO. The number of carbonyl (C=O) groups excluding carboxylic acids is 1. The van der Waals surface area contributed by atoms with Crippen LogP contribution in [0.1, 0.15) is 57.8 Å². The van der Waals surface area contributed by atoms with E-state index < -0.39 is 0 Å². The highest BCUT2D eigenvalue weighted by molar-refractivity contribution is 5.76. The largest absolute Gasteiger partial charge is 0.396 e. The number of aliphatic hydroxyl groups is 1. The highest BCUT2D eigenvalue weighted by atomic mass is 16.2. The number of rotatable bonds is 6. The van der Waals surface area contributed by atoms with E-state index >= 15 is 0 Å². The summed E-state index contributed by atoms with van der Waals surface area (Å²) in [7, 11) is 0. The highest BCUT2D eigenvalue weighted by Gasteiger charge is 2.51. The molecule has 0 aromatic heterocycles. The smallest absolute Gasteiger partial charge is 0.220 e. The van der Waals surface area contributed by atoms with Gasteiger partial charge in [0.2, 0.25) is 5.91 Å². The number of hydrogen-bond donors (Lipinski definition) is 2. The van der Waals surface area contributed by atoms with E-state index in [1.165, 1.54) is 38.5 Å². The second-order valence-corrected chi connectivity index (χ2v) is 7.37. The third kappa shape index (κ3) is 2.96. The number of nitrogens with one attached hydrogen (secondary N) is 1. The van der Waals surface area contributed by atoms with Gasteiger partial charge in [0.25, 0.3) is 0 Å². The average Bonchev–Trinajstić information content (AvgIpc) is 2.32. The van der Waals surface area contributed by atoms with Gasteiger partial charge in [0.15, 0.2) is 0 Å². The lowest BCUT2D eigenvalue weighted by Crippen LogP contribution is -2.48. The minimum atomic E-state index is 0.227. The summed E-state index contributed by atoms with van der Waals surface area (Å²) in [6.45, 7) is 0.955. The van der Waals surface area contributed by atoms with Crippen LogP contribution in [0.3, 0.4) is 0 Å². The molecule has 4 saturated carbocycles. The molecule has 4 aliphatic rings. The molecular weight excluding hydrogens is 238 g/mol. The van der Waals surface area contributed by atoms with Gasteiger partial charge >= 0.3 is 0 Å². The zero-order valence-corrected chi connectivity index (χ0v) is 11.9. The summed E-state index contributed by atoms with van der Waals surface area (Å²) in [6.07, 6.45) is 10.7. The van der Waals surface area contributed by atoms with Crippen LogP contribution in [0.15, 0.2) is 0 Å². The molecule has 3 nitrogen and oxygen atoms in total. The van der Waals surface area contributed by atoms with E-state index in [4.69, 9.17) is 5.11 Å². The van der Waals surface area contributed by atoms with Crippen LogP contribution in [-0.2, 0) is 4.79 Å². The second kappa shape index (κ2) is 5.43.